The molecule has 0 atom stereocenters. The summed E-state index contributed by atoms with van der Waals surface area (Å²) >= 11 is 0. The van der Waals surface area contributed by atoms with Gasteiger partial charge in [0, 0.05) is 30.4 Å². The quantitative estimate of drug-likeness (QED) is 0.909. The molecule has 1 aliphatic heterocycles. The number of nitrogens with one attached hydrogen (secondary N) is 1. The van der Waals surface area contributed by atoms with E-state index in [1.807, 2.05) is 6.07 Å². The number of hydrogen-bond acceptors (Lipinski definition) is 2. The van der Waals surface area contributed by atoms with E-state index in [1.165, 1.54) is 36.9 Å². The highest BCUT2D eigenvalue weighted by Gasteiger charge is 2.23. The van der Waals surface area contributed by atoms with Gasteiger partial charge in [-0.25, -0.2) is 0 Å². The average Bonchev–Trinajstić information content (AvgIpc) is 3.14. The van der Waals surface area contributed by atoms with E-state index in [1.54, 1.807) is 0 Å². The zero-order chi connectivity index (χ0) is 13.9. The van der Waals surface area contributed by atoms with Crippen molar-refractivity contribution in [3.05, 3.63) is 23.8 Å². The number of rotatable bonds is 3. The van der Waals surface area contributed by atoms with Crippen LogP contribution in [-0.4, -0.2) is 19.0 Å². The van der Waals surface area contributed by atoms with E-state index in [0.29, 0.717) is 0 Å². The summed E-state index contributed by atoms with van der Waals surface area (Å²) in [5.74, 6) is 0.435. The van der Waals surface area contributed by atoms with Crippen LogP contribution in [-0.2, 0) is 4.79 Å². The maximum atomic E-state index is 12.2. The van der Waals surface area contributed by atoms with Gasteiger partial charge in [0.25, 0.3) is 0 Å². The van der Waals surface area contributed by atoms with Crippen LogP contribution in [0.4, 0.5) is 11.4 Å². The fourth-order valence-electron chi connectivity index (χ4n) is 3.42. The number of hydrogen-bond donors (Lipinski definition) is 1. The molecule has 0 unspecified atom stereocenters. The first kappa shape index (κ1) is 13.5. The third kappa shape index (κ3) is 2.82. The van der Waals surface area contributed by atoms with Gasteiger partial charge in [0.15, 0.2) is 0 Å². The Morgan fingerprint density at radius 2 is 1.85 bits per heavy atom. The Morgan fingerprint density at radius 1 is 1.15 bits per heavy atom. The summed E-state index contributed by atoms with van der Waals surface area (Å²) in [6, 6.07) is 6.30. The van der Waals surface area contributed by atoms with Gasteiger partial charge in [-0.05, 0) is 50.3 Å². The Bertz CT molecular complexity index is 486. The lowest BCUT2D eigenvalue weighted by molar-refractivity contribution is -0.119. The topological polar surface area (TPSA) is 32.3 Å². The smallest absolute Gasteiger partial charge is 0.227 e. The van der Waals surface area contributed by atoms with Gasteiger partial charge in [-0.2, -0.15) is 0 Å². The summed E-state index contributed by atoms with van der Waals surface area (Å²) < 4.78 is 0. The minimum Gasteiger partial charge on any atom is -0.371 e. The van der Waals surface area contributed by atoms with Gasteiger partial charge in [0.2, 0.25) is 5.91 Å². The molecule has 0 spiro atoms. The van der Waals surface area contributed by atoms with Gasteiger partial charge >= 0.3 is 0 Å². The van der Waals surface area contributed by atoms with Crippen molar-refractivity contribution in [2.45, 2.75) is 45.4 Å². The fourth-order valence-corrected chi connectivity index (χ4v) is 3.42. The molecule has 1 saturated carbocycles. The van der Waals surface area contributed by atoms with E-state index < -0.39 is 0 Å². The van der Waals surface area contributed by atoms with Crippen LogP contribution in [0.3, 0.4) is 0 Å². The zero-order valence-corrected chi connectivity index (χ0v) is 12.3. The predicted octanol–water partition coefficient (Wildman–Crippen LogP) is 3.72. The molecular formula is C17H24N2O. The molecule has 1 saturated heterocycles. The third-order valence-electron chi connectivity index (χ3n) is 4.65. The molecule has 2 aliphatic rings. The Hall–Kier alpha value is -1.51. The maximum absolute atomic E-state index is 12.2. The van der Waals surface area contributed by atoms with Crippen molar-refractivity contribution in [2.75, 3.05) is 23.3 Å². The molecule has 2 fully saturated rings. The molecule has 3 rings (SSSR count). The van der Waals surface area contributed by atoms with E-state index in [-0.39, 0.29) is 11.8 Å². The summed E-state index contributed by atoms with van der Waals surface area (Å²) in [5, 5.41) is 3.11. The second-order valence-electron chi connectivity index (χ2n) is 6.17. The predicted molar refractivity (Wildman–Crippen MR) is 83.2 cm³/mol. The molecule has 3 nitrogen and oxygen atoms in total. The van der Waals surface area contributed by atoms with E-state index in [4.69, 9.17) is 0 Å². The van der Waals surface area contributed by atoms with Crippen LogP contribution < -0.4 is 10.2 Å². The molecule has 20 heavy (non-hydrogen) atoms. The van der Waals surface area contributed by atoms with E-state index >= 15 is 0 Å². The van der Waals surface area contributed by atoms with Crippen molar-refractivity contribution in [1.29, 1.82) is 0 Å². The Morgan fingerprint density at radius 3 is 2.55 bits per heavy atom. The Labute approximate surface area is 121 Å². The fraction of sp³-hybridized carbons (Fsp3) is 0.588. The van der Waals surface area contributed by atoms with E-state index in [2.05, 4.69) is 29.3 Å². The Kier molecular flexibility index (Phi) is 3.95. The van der Waals surface area contributed by atoms with Gasteiger partial charge in [-0.3, -0.25) is 4.79 Å². The highest BCUT2D eigenvalue weighted by Crippen LogP contribution is 2.29. The monoisotopic (exact) mass is 272 g/mol. The molecule has 1 aromatic rings. The first-order chi connectivity index (χ1) is 9.74. The van der Waals surface area contributed by atoms with Gasteiger partial charge < -0.3 is 10.2 Å². The lowest BCUT2D eigenvalue weighted by atomic mass is 10.1. The molecule has 0 aromatic heterocycles. The molecule has 0 radical (unpaired) electrons. The minimum atomic E-state index is 0.207. The first-order valence-electron chi connectivity index (χ1n) is 7.90. The highest BCUT2D eigenvalue weighted by atomic mass is 16.1. The summed E-state index contributed by atoms with van der Waals surface area (Å²) in [7, 11) is 0. The average molecular weight is 272 g/mol. The number of nitrogens with zero attached hydrogens (tertiary/aromatic N) is 1. The summed E-state index contributed by atoms with van der Waals surface area (Å²) in [5.41, 5.74) is 3.53. The molecule has 1 heterocycles. The van der Waals surface area contributed by atoms with Crippen LogP contribution >= 0.6 is 0 Å². The van der Waals surface area contributed by atoms with Crippen LogP contribution in [0.2, 0.25) is 0 Å². The summed E-state index contributed by atoms with van der Waals surface area (Å²) in [4.78, 5) is 14.6. The zero-order valence-electron chi connectivity index (χ0n) is 12.3. The van der Waals surface area contributed by atoms with Crippen LogP contribution in [0, 0.1) is 12.8 Å². The molecule has 108 valence electrons. The SMILES string of the molecule is Cc1ccc(NC(=O)C2CCCC2)cc1N1CCCC1. The molecule has 3 heteroatoms. The number of benzene rings is 1. The highest BCUT2D eigenvalue weighted by molar-refractivity contribution is 5.93. The Balaban J connectivity index is 1.73. The lowest BCUT2D eigenvalue weighted by Crippen LogP contribution is -2.22. The van der Waals surface area contributed by atoms with Crippen molar-refractivity contribution >= 4 is 17.3 Å². The number of carbonyl (C=O) groups excluding carboxylic acids is 1. The molecular weight excluding hydrogens is 248 g/mol. The number of anilines is 2. The second-order valence-corrected chi connectivity index (χ2v) is 6.17. The largest absolute Gasteiger partial charge is 0.371 e. The molecule has 1 aliphatic carbocycles. The summed E-state index contributed by atoms with van der Waals surface area (Å²) in [6.07, 6.45) is 7.06. The van der Waals surface area contributed by atoms with Gasteiger partial charge in [0.05, 0.1) is 0 Å². The molecule has 0 bridgehead atoms. The molecule has 1 N–H and O–H groups in total. The van der Waals surface area contributed by atoms with Crippen molar-refractivity contribution < 1.29 is 4.79 Å². The van der Waals surface area contributed by atoms with E-state index in [0.717, 1.165) is 31.6 Å². The van der Waals surface area contributed by atoms with Crippen LogP contribution in [0.5, 0.6) is 0 Å². The van der Waals surface area contributed by atoms with Gasteiger partial charge in [0.1, 0.15) is 0 Å². The standard InChI is InChI=1S/C17H24N2O/c1-13-8-9-15(12-16(13)19-10-4-5-11-19)18-17(20)14-6-2-3-7-14/h8-9,12,14H,2-7,10-11H2,1H3,(H,18,20). The van der Waals surface area contributed by atoms with Crippen LogP contribution in [0.15, 0.2) is 18.2 Å². The normalized spacial score (nSPS) is 19.6. The lowest BCUT2D eigenvalue weighted by Gasteiger charge is -2.21. The van der Waals surface area contributed by atoms with Gasteiger partial charge in [-0.1, -0.05) is 18.9 Å². The summed E-state index contributed by atoms with van der Waals surface area (Å²) in [6.45, 7) is 4.43. The number of aryl methyl sites for hydroxylation is 1. The second kappa shape index (κ2) is 5.86. The van der Waals surface area contributed by atoms with Crippen molar-refractivity contribution in [2.24, 2.45) is 5.92 Å². The molecule has 1 aromatic carbocycles. The van der Waals surface area contributed by atoms with Crippen LogP contribution in [0.1, 0.15) is 44.1 Å². The van der Waals surface area contributed by atoms with E-state index in [9.17, 15) is 4.79 Å². The van der Waals surface area contributed by atoms with Crippen molar-refractivity contribution in [1.82, 2.24) is 0 Å². The third-order valence-corrected chi connectivity index (χ3v) is 4.65. The number of carbonyl (C=O) groups is 1. The van der Waals surface area contributed by atoms with Crippen molar-refractivity contribution in [3.63, 3.8) is 0 Å². The molecule has 1 amide bonds. The minimum absolute atomic E-state index is 0.207. The first-order valence-corrected chi connectivity index (χ1v) is 7.90. The number of amides is 1. The van der Waals surface area contributed by atoms with Crippen molar-refractivity contribution in [3.8, 4) is 0 Å². The maximum Gasteiger partial charge on any atom is 0.227 e. The van der Waals surface area contributed by atoms with Crippen LogP contribution in [0.25, 0.3) is 0 Å². The van der Waals surface area contributed by atoms with Gasteiger partial charge in [-0.15, -0.1) is 0 Å².